The van der Waals surface area contributed by atoms with Gasteiger partial charge in [-0.05, 0) is 48.0 Å². The molecule has 0 aliphatic rings. The SMILES string of the molecule is CCOC(C)CNC(=O)c1ccc(OC)c(Br)c1. The molecule has 1 rings (SSSR count). The maximum absolute atomic E-state index is 11.9. The Morgan fingerprint density at radius 1 is 1.50 bits per heavy atom. The van der Waals surface area contributed by atoms with Gasteiger partial charge < -0.3 is 14.8 Å². The Hall–Kier alpha value is -1.07. The molecule has 0 fully saturated rings. The van der Waals surface area contributed by atoms with Crippen LogP contribution in [-0.2, 0) is 4.74 Å². The van der Waals surface area contributed by atoms with Crippen molar-refractivity contribution in [1.82, 2.24) is 5.32 Å². The van der Waals surface area contributed by atoms with E-state index in [2.05, 4.69) is 21.2 Å². The predicted octanol–water partition coefficient (Wildman–Crippen LogP) is 2.61. The van der Waals surface area contributed by atoms with E-state index in [0.717, 1.165) is 4.47 Å². The first-order chi connectivity index (χ1) is 8.58. The van der Waals surface area contributed by atoms with Crippen LogP contribution in [0.3, 0.4) is 0 Å². The van der Waals surface area contributed by atoms with E-state index in [4.69, 9.17) is 9.47 Å². The normalized spacial score (nSPS) is 12.0. The first kappa shape index (κ1) is 15.0. The molecule has 1 unspecified atom stereocenters. The molecule has 0 aromatic heterocycles. The van der Waals surface area contributed by atoms with Crippen molar-refractivity contribution in [2.45, 2.75) is 20.0 Å². The molecule has 0 spiro atoms. The number of hydrogen-bond acceptors (Lipinski definition) is 3. The maximum atomic E-state index is 11.9. The monoisotopic (exact) mass is 315 g/mol. The molecule has 0 heterocycles. The van der Waals surface area contributed by atoms with Crippen LogP contribution in [0, 0.1) is 0 Å². The molecule has 0 saturated carbocycles. The van der Waals surface area contributed by atoms with Crippen molar-refractivity contribution in [2.75, 3.05) is 20.3 Å². The number of carbonyl (C=O) groups is 1. The summed E-state index contributed by atoms with van der Waals surface area (Å²) in [5.41, 5.74) is 0.589. The van der Waals surface area contributed by atoms with Gasteiger partial charge in [-0.3, -0.25) is 4.79 Å². The molecule has 5 heteroatoms. The van der Waals surface area contributed by atoms with Crippen LogP contribution >= 0.6 is 15.9 Å². The fraction of sp³-hybridized carbons (Fsp3) is 0.462. The van der Waals surface area contributed by atoms with Crippen LogP contribution in [0.2, 0.25) is 0 Å². The Labute approximate surface area is 116 Å². The molecule has 0 radical (unpaired) electrons. The summed E-state index contributed by atoms with van der Waals surface area (Å²) < 4.78 is 11.2. The van der Waals surface area contributed by atoms with Crippen LogP contribution in [-0.4, -0.2) is 32.3 Å². The van der Waals surface area contributed by atoms with E-state index in [-0.39, 0.29) is 12.0 Å². The Morgan fingerprint density at radius 3 is 2.78 bits per heavy atom. The number of hydrogen-bond donors (Lipinski definition) is 1. The van der Waals surface area contributed by atoms with Crippen molar-refractivity contribution >= 4 is 21.8 Å². The number of amides is 1. The molecule has 100 valence electrons. The lowest BCUT2D eigenvalue weighted by Gasteiger charge is -2.13. The number of benzene rings is 1. The van der Waals surface area contributed by atoms with Gasteiger partial charge in [0.05, 0.1) is 17.7 Å². The van der Waals surface area contributed by atoms with Gasteiger partial charge in [-0.2, -0.15) is 0 Å². The largest absolute Gasteiger partial charge is 0.496 e. The second-order valence-corrected chi connectivity index (χ2v) is 4.68. The number of carbonyl (C=O) groups excluding carboxylic acids is 1. The van der Waals surface area contributed by atoms with E-state index in [9.17, 15) is 4.79 Å². The van der Waals surface area contributed by atoms with Crippen LogP contribution in [0.15, 0.2) is 22.7 Å². The molecule has 18 heavy (non-hydrogen) atoms. The zero-order valence-electron chi connectivity index (χ0n) is 10.8. The molecule has 1 amide bonds. The lowest BCUT2D eigenvalue weighted by molar-refractivity contribution is 0.0695. The Balaban J connectivity index is 2.59. The predicted molar refractivity (Wildman–Crippen MR) is 74.1 cm³/mol. The van der Waals surface area contributed by atoms with Crippen molar-refractivity contribution in [3.8, 4) is 5.75 Å². The van der Waals surface area contributed by atoms with Crippen LogP contribution in [0.1, 0.15) is 24.2 Å². The van der Waals surface area contributed by atoms with Gasteiger partial charge in [0.15, 0.2) is 0 Å². The highest BCUT2D eigenvalue weighted by Crippen LogP contribution is 2.25. The van der Waals surface area contributed by atoms with Crippen molar-refractivity contribution < 1.29 is 14.3 Å². The zero-order valence-corrected chi connectivity index (χ0v) is 12.4. The van der Waals surface area contributed by atoms with Gasteiger partial charge in [0.2, 0.25) is 0 Å². The summed E-state index contributed by atoms with van der Waals surface area (Å²) >= 11 is 3.35. The summed E-state index contributed by atoms with van der Waals surface area (Å²) in [5.74, 6) is 0.583. The maximum Gasteiger partial charge on any atom is 0.251 e. The molecule has 1 aromatic carbocycles. The van der Waals surface area contributed by atoms with E-state index < -0.39 is 0 Å². The van der Waals surface area contributed by atoms with Crippen LogP contribution < -0.4 is 10.1 Å². The van der Waals surface area contributed by atoms with E-state index in [1.807, 2.05) is 13.8 Å². The number of methoxy groups -OCH3 is 1. The fourth-order valence-electron chi connectivity index (χ4n) is 1.49. The average Bonchev–Trinajstić information content (AvgIpc) is 2.36. The lowest BCUT2D eigenvalue weighted by atomic mass is 10.2. The summed E-state index contributed by atoms with van der Waals surface area (Å²) in [6, 6.07) is 5.22. The number of ether oxygens (including phenoxy) is 2. The number of nitrogens with one attached hydrogen (secondary N) is 1. The lowest BCUT2D eigenvalue weighted by Crippen LogP contribution is -2.32. The molecule has 0 saturated heterocycles. The highest BCUT2D eigenvalue weighted by Gasteiger charge is 2.10. The second-order valence-electron chi connectivity index (χ2n) is 3.83. The third-order valence-electron chi connectivity index (χ3n) is 2.42. The third kappa shape index (κ3) is 4.31. The Kier molecular flexibility index (Phi) is 6.15. The van der Waals surface area contributed by atoms with Crippen molar-refractivity contribution in [1.29, 1.82) is 0 Å². The van der Waals surface area contributed by atoms with Crippen molar-refractivity contribution in [2.24, 2.45) is 0 Å². The topological polar surface area (TPSA) is 47.6 Å². The average molecular weight is 316 g/mol. The first-order valence-corrected chi connectivity index (χ1v) is 6.61. The van der Waals surface area contributed by atoms with E-state index in [1.165, 1.54) is 0 Å². The smallest absolute Gasteiger partial charge is 0.251 e. The van der Waals surface area contributed by atoms with E-state index in [1.54, 1.807) is 25.3 Å². The summed E-state index contributed by atoms with van der Waals surface area (Å²) in [6.07, 6.45) is 0.0145. The summed E-state index contributed by atoms with van der Waals surface area (Å²) in [7, 11) is 1.59. The molecule has 0 aliphatic carbocycles. The van der Waals surface area contributed by atoms with Crippen LogP contribution in [0.5, 0.6) is 5.75 Å². The summed E-state index contributed by atoms with van der Waals surface area (Å²) in [4.78, 5) is 11.9. The fourth-order valence-corrected chi connectivity index (χ4v) is 2.03. The highest BCUT2D eigenvalue weighted by molar-refractivity contribution is 9.10. The Morgan fingerprint density at radius 2 is 2.22 bits per heavy atom. The Bertz CT molecular complexity index is 409. The highest BCUT2D eigenvalue weighted by atomic mass is 79.9. The minimum Gasteiger partial charge on any atom is -0.496 e. The summed E-state index contributed by atoms with van der Waals surface area (Å²) in [5, 5.41) is 2.82. The summed E-state index contributed by atoms with van der Waals surface area (Å²) in [6.45, 7) is 4.99. The third-order valence-corrected chi connectivity index (χ3v) is 3.03. The standard InChI is InChI=1S/C13H18BrNO3/c1-4-18-9(2)8-15-13(16)10-5-6-12(17-3)11(14)7-10/h5-7,9H,4,8H2,1-3H3,(H,15,16). The van der Waals surface area contributed by atoms with Gasteiger partial charge in [0.1, 0.15) is 5.75 Å². The number of rotatable bonds is 6. The van der Waals surface area contributed by atoms with Gasteiger partial charge in [0.25, 0.3) is 5.91 Å². The van der Waals surface area contributed by atoms with Crippen LogP contribution in [0.25, 0.3) is 0 Å². The quantitative estimate of drug-likeness (QED) is 0.877. The molecule has 1 N–H and O–H groups in total. The van der Waals surface area contributed by atoms with Gasteiger partial charge in [-0.15, -0.1) is 0 Å². The van der Waals surface area contributed by atoms with Gasteiger partial charge in [-0.25, -0.2) is 0 Å². The van der Waals surface area contributed by atoms with Gasteiger partial charge in [-0.1, -0.05) is 0 Å². The molecule has 0 bridgehead atoms. The zero-order chi connectivity index (χ0) is 13.5. The number of halogens is 1. The van der Waals surface area contributed by atoms with Crippen molar-refractivity contribution in [3.05, 3.63) is 28.2 Å². The van der Waals surface area contributed by atoms with Gasteiger partial charge >= 0.3 is 0 Å². The molecule has 1 atom stereocenters. The van der Waals surface area contributed by atoms with E-state index >= 15 is 0 Å². The molecular formula is C13H18BrNO3. The molecule has 4 nitrogen and oxygen atoms in total. The second kappa shape index (κ2) is 7.38. The molecule has 1 aromatic rings. The molecule has 0 aliphatic heterocycles. The minimum atomic E-state index is -0.120. The molecular weight excluding hydrogens is 298 g/mol. The van der Waals surface area contributed by atoms with Crippen molar-refractivity contribution in [3.63, 3.8) is 0 Å². The van der Waals surface area contributed by atoms with Gasteiger partial charge in [0, 0.05) is 18.7 Å². The van der Waals surface area contributed by atoms with E-state index in [0.29, 0.717) is 24.5 Å². The first-order valence-electron chi connectivity index (χ1n) is 5.81. The minimum absolute atomic E-state index is 0.0145. The van der Waals surface area contributed by atoms with Crippen LogP contribution in [0.4, 0.5) is 0 Å².